The van der Waals surface area contributed by atoms with Gasteiger partial charge >= 0.3 is 6.18 Å². The number of amides is 2. The van der Waals surface area contributed by atoms with Gasteiger partial charge in [-0.1, -0.05) is 12.1 Å². The largest absolute Gasteiger partial charge is 0.417 e. The first kappa shape index (κ1) is 17.4. The van der Waals surface area contributed by atoms with Crippen molar-refractivity contribution in [2.75, 3.05) is 13.1 Å². The summed E-state index contributed by atoms with van der Waals surface area (Å²) in [5.41, 5.74) is -1.48. The number of benzene rings is 1. The molecule has 128 valence electrons. The van der Waals surface area contributed by atoms with Crippen LogP contribution in [0, 0.1) is 0 Å². The summed E-state index contributed by atoms with van der Waals surface area (Å²) in [4.78, 5) is 24.4. The molecule has 0 saturated carbocycles. The van der Waals surface area contributed by atoms with Crippen molar-refractivity contribution in [3.05, 3.63) is 41.7 Å². The summed E-state index contributed by atoms with van der Waals surface area (Å²) in [6.07, 6.45) is -3.45. The van der Waals surface area contributed by atoms with Crippen LogP contribution < -0.4 is 10.6 Å². The van der Waals surface area contributed by atoms with Gasteiger partial charge in [0.1, 0.15) is 6.54 Å². The van der Waals surface area contributed by atoms with E-state index in [0.717, 1.165) is 16.9 Å². The molecule has 0 radical (unpaired) electrons. The van der Waals surface area contributed by atoms with E-state index in [4.69, 9.17) is 0 Å². The Morgan fingerprint density at radius 2 is 1.83 bits per heavy atom. The maximum atomic E-state index is 12.8. The van der Waals surface area contributed by atoms with Crippen molar-refractivity contribution < 1.29 is 22.8 Å². The fourth-order valence-electron chi connectivity index (χ4n) is 1.85. The molecule has 0 aliphatic carbocycles. The molecule has 0 atom stereocenters. The fraction of sp³-hybridized carbons (Fsp3) is 0.308. The number of rotatable bonds is 6. The molecule has 8 nitrogen and oxygen atoms in total. The minimum absolute atomic E-state index is 0.0262. The Hall–Kier alpha value is -2.98. The van der Waals surface area contributed by atoms with Crippen LogP contribution in [0.15, 0.2) is 30.6 Å². The first-order valence-corrected chi connectivity index (χ1v) is 6.80. The number of carbonyl (C=O) groups is 2. The summed E-state index contributed by atoms with van der Waals surface area (Å²) in [6, 6.07) is 4.48. The summed E-state index contributed by atoms with van der Waals surface area (Å²) in [5, 5.41) is 15.4. The number of nitrogens with zero attached hydrogens (tertiary/aromatic N) is 4. The van der Waals surface area contributed by atoms with Gasteiger partial charge in [-0.15, -0.1) is 10.2 Å². The normalized spacial score (nSPS) is 11.1. The maximum Gasteiger partial charge on any atom is 0.417 e. The van der Waals surface area contributed by atoms with E-state index in [9.17, 15) is 22.8 Å². The number of alkyl halides is 3. The Morgan fingerprint density at radius 3 is 2.50 bits per heavy atom. The molecule has 11 heteroatoms. The average molecular weight is 342 g/mol. The van der Waals surface area contributed by atoms with Crippen molar-refractivity contribution >= 4 is 11.8 Å². The number of aromatic nitrogens is 4. The van der Waals surface area contributed by atoms with Crippen LogP contribution in [-0.4, -0.2) is 45.1 Å². The lowest BCUT2D eigenvalue weighted by molar-refractivity contribution is -0.138. The van der Waals surface area contributed by atoms with E-state index < -0.39 is 29.1 Å². The second-order valence-electron chi connectivity index (χ2n) is 4.62. The van der Waals surface area contributed by atoms with Gasteiger partial charge in [-0.3, -0.25) is 9.59 Å². The van der Waals surface area contributed by atoms with E-state index in [0.29, 0.717) is 0 Å². The number of hydrogen-bond acceptors (Lipinski definition) is 5. The van der Waals surface area contributed by atoms with E-state index in [1.807, 2.05) is 0 Å². The molecule has 0 fully saturated rings. The monoisotopic (exact) mass is 342 g/mol. The van der Waals surface area contributed by atoms with Crippen LogP contribution in [0.5, 0.6) is 0 Å². The van der Waals surface area contributed by atoms with Crippen molar-refractivity contribution in [2.24, 2.45) is 0 Å². The molecule has 2 amide bonds. The molecule has 24 heavy (non-hydrogen) atoms. The predicted molar refractivity (Wildman–Crippen MR) is 74.6 cm³/mol. The Morgan fingerprint density at radius 1 is 1.12 bits per heavy atom. The first-order chi connectivity index (χ1) is 11.4. The summed E-state index contributed by atoms with van der Waals surface area (Å²) in [5.74, 6) is -1.28. The molecule has 0 spiro atoms. The zero-order chi connectivity index (χ0) is 17.6. The van der Waals surface area contributed by atoms with E-state index in [1.165, 1.54) is 18.5 Å². The number of tetrazole rings is 1. The van der Waals surface area contributed by atoms with Crippen LogP contribution in [-0.2, 0) is 17.5 Å². The summed E-state index contributed by atoms with van der Waals surface area (Å²) < 4.78 is 38.5. The van der Waals surface area contributed by atoms with Crippen molar-refractivity contribution in [3.63, 3.8) is 0 Å². The molecule has 0 bridgehead atoms. The van der Waals surface area contributed by atoms with Gasteiger partial charge < -0.3 is 10.6 Å². The zero-order valence-corrected chi connectivity index (χ0v) is 12.2. The zero-order valence-electron chi connectivity index (χ0n) is 12.2. The van der Waals surface area contributed by atoms with Crippen LogP contribution in [0.2, 0.25) is 0 Å². The second kappa shape index (κ2) is 7.53. The van der Waals surface area contributed by atoms with E-state index in [1.54, 1.807) is 0 Å². The topological polar surface area (TPSA) is 102 Å². The molecule has 1 aromatic carbocycles. The highest BCUT2D eigenvalue weighted by atomic mass is 19.4. The van der Waals surface area contributed by atoms with Gasteiger partial charge in [0.25, 0.3) is 5.91 Å². The number of halogens is 3. The van der Waals surface area contributed by atoms with Gasteiger partial charge in [0.2, 0.25) is 5.91 Å². The third-order valence-electron chi connectivity index (χ3n) is 2.89. The van der Waals surface area contributed by atoms with Gasteiger partial charge in [-0.05, 0) is 17.3 Å². The lowest BCUT2D eigenvalue weighted by atomic mass is 10.1. The van der Waals surface area contributed by atoms with Crippen molar-refractivity contribution in [3.8, 4) is 0 Å². The Balaban J connectivity index is 1.81. The molecular weight excluding hydrogens is 329 g/mol. The number of carbonyl (C=O) groups excluding carboxylic acids is 2. The quantitative estimate of drug-likeness (QED) is 0.732. The molecule has 0 saturated heterocycles. The Bertz CT molecular complexity index is 702. The molecule has 0 unspecified atom stereocenters. The Kier molecular flexibility index (Phi) is 5.45. The lowest BCUT2D eigenvalue weighted by Crippen LogP contribution is -2.37. The van der Waals surface area contributed by atoms with Crippen LogP contribution >= 0.6 is 0 Å². The SMILES string of the molecule is O=C(Cn1ncnn1)NCCNC(=O)c1ccccc1C(F)(F)F. The third-order valence-corrected chi connectivity index (χ3v) is 2.89. The molecule has 1 heterocycles. The second-order valence-corrected chi connectivity index (χ2v) is 4.62. The van der Waals surface area contributed by atoms with E-state index in [-0.39, 0.29) is 19.6 Å². The molecule has 2 N–H and O–H groups in total. The van der Waals surface area contributed by atoms with Gasteiger partial charge in [0.15, 0.2) is 6.33 Å². The van der Waals surface area contributed by atoms with Crippen molar-refractivity contribution in [2.45, 2.75) is 12.7 Å². The molecule has 2 rings (SSSR count). The lowest BCUT2D eigenvalue weighted by Gasteiger charge is -2.12. The van der Waals surface area contributed by atoms with Gasteiger partial charge in [0.05, 0.1) is 11.1 Å². The highest BCUT2D eigenvalue weighted by Gasteiger charge is 2.34. The summed E-state index contributed by atoms with van der Waals surface area (Å²) in [6.45, 7) is -0.125. The summed E-state index contributed by atoms with van der Waals surface area (Å²) in [7, 11) is 0. The van der Waals surface area contributed by atoms with E-state index >= 15 is 0 Å². The van der Waals surface area contributed by atoms with Gasteiger partial charge in [0, 0.05) is 13.1 Å². The van der Waals surface area contributed by atoms with Gasteiger partial charge in [-0.25, -0.2) is 0 Å². The first-order valence-electron chi connectivity index (χ1n) is 6.80. The third kappa shape index (κ3) is 4.76. The van der Waals surface area contributed by atoms with Crippen LogP contribution in [0.1, 0.15) is 15.9 Å². The summed E-state index contributed by atoms with van der Waals surface area (Å²) >= 11 is 0. The average Bonchev–Trinajstić information content (AvgIpc) is 3.03. The molecular formula is C13H13F3N6O2. The van der Waals surface area contributed by atoms with Crippen LogP contribution in [0.25, 0.3) is 0 Å². The molecule has 0 aliphatic heterocycles. The van der Waals surface area contributed by atoms with Crippen LogP contribution in [0.4, 0.5) is 13.2 Å². The minimum atomic E-state index is -4.62. The Labute approximate surface area is 134 Å². The number of hydrogen-bond donors (Lipinski definition) is 2. The van der Waals surface area contributed by atoms with E-state index in [2.05, 4.69) is 26.0 Å². The highest BCUT2D eigenvalue weighted by Crippen LogP contribution is 2.31. The van der Waals surface area contributed by atoms with Crippen LogP contribution in [0.3, 0.4) is 0 Å². The van der Waals surface area contributed by atoms with Crippen molar-refractivity contribution in [1.82, 2.24) is 30.8 Å². The van der Waals surface area contributed by atoms with Crippen molar-refractivity contribution in [1.29, 1.82) is 0 Å². The molecule has 2 aromatic rings. The standard InChI is InChI=1S/C13H13F3N6O2/c14-13(15,16)10-4-2-1-3-9(10)12(24)18-6-5-17-11(23)7-22-20-8-19-21-22/h1-4,8H,5-7H2,(H,17,23)(H,18,24). The predicted octanol–water partition coefficient (Wildman–Crippen LogP) is 0.238. The number of nitrogens with one attached hydrogen (secondary N) is 2. The molecule has 0 aliphatic rings. The molecule has 1 aromatic heterocycles. The highest BCUT2D eigenvalue weighted by molar-refractivity contribution is 5.95. The van der Waals surface area contributed by atoms with Gasteiger partial charge in [-0.2, -0.15) is 18.0 Å². The fourth-order valence-corrected chi connectivity index (χ4v) is 1.85. The smallest absolute Gasteiger partial charge is 0.353 e. The maximum absolute atomic E-state index is 12.8. The minimum Gasteiger partial charge on any atom is -0.353 e.